The maximum Gasteiger partial charge on any atom is 0.312 e. The smallest absolute Gasteiger partial charge is 0.312 e. The molecule has 3 rings (SSSR count). The summed E-state index contributed by atoms with van der Waals surface area (Å²) in [5, 5.41) is 2.68. The van der Waals surface area contributed by atoms with E-state index in [1.54, 1.807) is 4.90 Å². The molecule has 1 atom stereocenters. The Morgan fingerprint density at radius 1 is 1.04 bits per heavy atom. The minimum absolute atomic E-state index is 0.0613. The number of benzene rings is 2. The maximum absolute atomic E-state index is 12.5. The fraction of sp³-hybridized carbons (Fsp3) is 0.391. The standard InChI is InChI=1S/C23H28N2O3/c1-17(2)24-22(26)23(27)25-13-14-28-20(16-25)15-21(18-9-5-3-6-10-18)19-11-7-4-8-12-19/h3-12,17,20-21H,13-16H2,1-2H3,(H,24,26)/t20-/m1/s1. The molecule has 1 fully saturated rings. The average molecular weight is 380 g/mol. The first kappa shape index (κ1) is 20.1. The lowest BCUT2D eigenvalue weighted by molar-refractivity contribution is -0.151. The van der Waals surface area contributed by atoms with Gasteiger partial charge in [0.1, 0.15) is 0 Å². The van der Waals surface area contributed by atoms with E-state index in [2.05, 4.69) is 29.6 Å². The first-order valence-corrected chi connectivity index (χ1v) is 9.86. The minimum atomic E-state index is -0.543. The summed E-state index contributed by atoms with van der Waals surface area (Å²) in [7, 11) is 0. The number of carbonyl (C=O) groups is 2. The molecule has 148 valence electrons. The van der Waals surface area contributed by atoms with Gasteiger partial charge in [-0.05, 0) is 31.4 Å². The van der Waals surface area contributed by atoms with Gasteiger partial charge >= 0.3 is 11.8 Å². The van der Waals surface area contributed by atoms with Crippen molar-refractivity contribution in [2.45, 2.75) is 38.3 Å². The highest BCUT2D eigenvalue weighted by Gasteiger charge is 2.30. The van der Waals surface area contributed by atoms with Gasteiger partial charge in [0.05, 0.1) is 12.7 Å². The second kappa shape index (κ2) is 9.51. The van der Waals surface area contributed by atoms with E-state index in [4.69, 9.17) is 4.74 Å². The van der Waals surface area contributed by atoms with Gasteiger partial charge in [-0.3, -0.25) is 9.59 Å². The van der Waals surface area contributed by atoms with E-state index in [9.17, 15) is 9.59 Å². The van der Waals surface area contributed by atoms with Gasteiger partial charge in [-0.25, -0.2) is 0 Å². The van der Waals surface area contributed by atoms with E-state index < -0.39 is 11.8 Å². The highest BCUT2D eigenvalue weighted by atomic mass is 16.5. The predicted molar refractivity (Wildman–Crippen MR) is 109 cm³/mol. The van der Waals surface area contributed by atoms with Crippen molar-refractivity contribution in [3.63, 3.8) is 0 Å². The van der Waals surface area contributed by atoms with Crippen LogP contribution in [0.4, 0.5) is 0 Å². The molecule has 5 heteroatoms. The van der Waals surface area contributed by atoms with E-state index in [1.165, 1.54) is 11.1 Å². The predicted octanol–water partition coefficient (Wildman–Crippen LogP) is 2.96. The molecule has 0 bridgehead atoms. The SMILES string of the molecule is CC(C)NC(=O)C(=O)N1CCO[C@H](CC(c2ccccc2)c2ccccc2)C1. The summed E-state index contributed by atoms with van der Waals surface area (Å²) in [6.45, 7) is 5.01. The van der Waals surface area contributed by atoms with Crippen molar-refractivity contribution in [2.24, 2.45) is 0 Å². The van der Waals surface area contributed by atoms with Crippen LogP contribution >= 0.6 is 0 Å². The normalized spacial score (nSPS) is 17.0. The first-order valence-electron chi connectivity index (χ1n) is 9.86. The average Bonchev–Trinajstić information content (AvgIpc) is 2.72. The van der Waals surface area contributed by atoms with E-state index in [0.29, 0.717) is 19.7 Å². The van der Waals surface area contributed by atoms with Crippen LogP contribution in [-0.4, -0.2) is 48.6 Å². The summed E-state index contributed by atoms with van der Waals surface area (Å²) in [6.07, 6.45) is 0.638. The Morgan fingerprint density at radius 2 is 1.61 bits per heavy atom. The van der Waals surface area contributed by atoms with Gasteiger partial charge < -0.3 is 15.0 Å². The van der Waals surface area contributed by atoms with Crippen LogP contribution in [0, 0.1) is 0 Å². The fourth-order valence-corrected chi connectivity index (χ4v) is 3.61. The van der Waals surface area contributed by atoms with Crippen molar-refractivity contribution in [1.82, 2.24) is 10.2 Å². The molecule has 28 heavy (non-hydrogen) atoms. The third kappa shape index (κ3) is 5.20. The first-order chi connectivity index (χ1) is 13.5. The van der Waals surface area contributed by atoms with Crippen molar-refractivity contribution < 1.29 is 14.3 Å². The Hall–Kier alpha value is -2.66. The van der Waals surface area contributed by atoms with E-state index >= 15 is 0 Å². The molecular formula is C23H28N2O3. The molecule has 0 saturated carbocycles. The van der Waals surface area contributed by atoms with Gasteiger partial charge in [-0.15, -0.1) is 0 Å². The number of hydrogen-bond donors (Lipinski definition) is 1. The molecule has 1 N–H and O–H groups in total. The third-order valence-electron chi connectivity index (χ3n) is 4.94. The van der Waals surface area contributed by atoms with Gasteiger partial charge in [0.2, 0.25) is 0 Å². The van der Waals surface area contributed by atoms with Crippen molar-refractivity contribution in [1.29, 1.82) is 0 Å². The summed E-state index contributed by atoms with van der Waals surface area (Å²) in [5.74, 6) is -0.844. The summed E-state index contributed by atoms with van der Waals surface area (Å²) in [4.78, 5) is 26.2. The number of nitrogens with one attached hydrogen (secondary N) is 1. The number of amides is 2. The molecule has 1 aliphatic heterocycles. The van der Waals surface area contributed by atoms with Crippen molar-refractivity contribution in [3.05, 3.63) is 71.8 Å². The topological polar surface area (TPSA) is 58.6 Å². The zero-order valence-electron chi connectivity index (χ0n) is 16.5. The number of carbonyl (C=O) groups excluding carboxylic acids is 2. The number of morpholine rings is 1. The quantitative estimate of drug-likeness (QED) is 0.812. The zero-order valence-corrected chi connectivity index (χ0v) is 16.5. The van der Waals surface area contributed by atoms with Crippen LogP contribution in [0.25, 0.3) is 0 Å². The van der Waals surface area contributed by atoms with E-state index in [0.717, 1.165) is 6.42 Å². The van der Waals surface area contributed by atoms with Crippen LogP contribution in [0.3, 0.4) is 0 Å². The van der Waals surface area contributed by atoms with Crippen LogP contribution in [0.5, 0.6) is 0 Å². The number of rotatable bonds is 5. The summed E-state index contributed by atoms with van der Waals surface area (Å²) >= 11 is 0. The van der Waals surface area contributed by atoms with E-state index in [-0.39, 0.29) is 18.1 Å². The lowest BCUT2D eigenvalue weighted by Gasteiger charge is -2.34. The summed E-state index contributed by atoms with van der Waals surface area (Å²) in [6, 6.07) is 20.6. The monoisotopic (exact) mass is 380 g/mol. The maximum atomic E-state index is 12.5. The van der Waals surface area contributed by atoms with Crippen molar-refractivity contribution in [2.75, 3.05) is 19.7 Å². The fourth-order valence-electron chi connectivity index (χ4n) is 3.61. The molecule has 0 unspecified atom stereocenters. The largest absolute Gasteiger partial charge is 0.375 e. The molecule has 1 aliphatic rings. The Morgan fingerprint density at radius 3 is 2.14 bits per heavy atom. The van der Waals surface area contributed by atoms with Gasteiger partial charge in [0.25, 0.3) is 0 Å². The number of ether oxygens (including phenoxy) is 1. The van der Waals surface area contributed by atoms with Crippen LogP contribution in [0.15, 0.2) is 60.7 Å². The number of nitrogens with zero attached hydrogens (tertiary/aromatic N) is 1. The second-order valence-corrected chi connectivity index (χ2v) is 7.48. The molecule has 5 nitrogen and oxygen atoms in total. The van der Waals surface area contributed by atoms with Gasteiger partial charge in [0, 0.05) is 25.0 Å². The molecule has 2 aromatic rings. The van der Waals surface area contributed by atoms with Crippen LogP contribution in [-0.2, 0) is 14.3 Å². The minimum Gasteiger partial charge on any atom is -0.375 e. The van der Waals surface area contributed by atoms with Crippen molar-refractivity contribution in [3.8, 4) is 0 Å². The zero-order chi connectivity index (χ0) is 19.9. The Bertz CT molecular complexity index is 737. The Balaban J connectivity index is 1.72. The molecular weight excluding hydrogens is 352 g/mol. The molecule has 1 heterocycles. The van der Waals surface area contributed by atoms with E-state index in [1.807, 2.05) is 50.2 Å². The molecule has 1 saturated heterocycles. The van der Waals surface area contributed by atoms with Crippen LogP contribution < -0.4 is 5.32 Å². The second-order valence-electron chi connectivity index (χ2n) is 7.48. The highest BCUT2D eigenvalue weighted by molar-refractivity contribution is 6.35. The summed E-state index contributed by atoms with van der Waals surface area (Å²) < 4.78 is 5.97. The highest BCUT2D eigenvalue weighted by Crippen LogP contribution is 2.30. The van der Waals surface area contributed by atoms with Crippen LogP contribution in [0.2, 0.25) is 0 Å². The van der Waals surface area contributed by atoms with Crippen LogP contribution in [0.1, 0.15) is 37.3 Å². The number of hydrogen-bond acceptors (Lipinski definition) is 3. The molecule has 2 amide bonds. The van der Waals surface area contributed by atoms with Gasteiger partial charge in [-0.1, -0.05) is 60.7 Å². The van der Waals surface area contributed by atoms with Crippen molar-refractivity contribution >= 4 is 11.8 Å². The Kier molecular flexibility index (Phi) is 6.82. The van der Waals surface area contributed by atoms with Gasteiger partial charge in [-0.2, -0.15) is 0 Å². The molecule has 0 aliphatic carbocycles. The van der Waals surface area contributed by atoms with Gasteiger partial charge in [0.15, 0.2) is 0 Å². The summed E-state index contributed by atoms with van der Waals surface area (Å²) in [5.41, 5.74) is 2.44. The molecule has 2 aromatic carbocycles. The molecule has 0 spiro atoms. The lowest BCUT2D eigenvalue weighted by Crippen LogP contribution is -2.51. The molecule has 0 radical (unpaired) electrons. The lowest BCUT2D eigenvalue weighted by atomic mass is 9.86. The third-order valence-corrected chi connectivity index (χ3v) is 4.94. The Labute approximate surface area is 166 Å². The molecule has 0 aromatic heterocycles.